The maximum Gasteiger partial charge on any atom is 0.390 e. The molecule has 84 valence electrons. The molecule has 5 nitrogen and oxygen atoms in total. The molecular weight excluding hydrogens is 215 g/mol. The summed E-state index contributed by atoms with van der Waals surface area (Å²) >= 11 is 0. The third-order valence-electron chi connectivity index (χ3n) is 1.23. The van der Waals surface area contributed by atoms with Gasteiger partial charge >= 0.3 is 18.0 Å². The van der Waals surface area contributed by atoms with Crippen LogP contribution in [0.25, 0.3) is 0 Å². The Balaban J connectivity index is 3.76. The summed E-state index contributed by atoms with van der Waals surface area (Å²) in [6.07, 6.45) is -5.58. The molecule has 0 spiro atoms. The van der Waals surface area contributed by atoms with E-state index in [2.05, 4.69) is 0 Å². The van der Waals surface area contributed by atoms with Crippen LogP contribution >= 0.6 is 0 Å². The highest BCUT2D eigenvalue weighted by molar-refractivity contribution is 6.35. The molecular formula is C7H8F3N3O2. The molecule has 0 saturated heterocycles. The van der Waals surface area contributed by atoms with Crippen LogP contribution in [0.1, 0.15) is 6.42 Å². The largest absolute Gasteiger partial charge is 0.390 e. The summed E-state index contributed by atoms with van der Waals surface area (Å²) in [7, 11) is 0. The number of carbonyl (C=O) groups excluding carboxylic acids is 2. The maximum absolute atomic E-state index is 11.6. The third kappa shape index (κ3) is 7.30. The lowest BCUT2D eigenvalue weighted by molar-refractivity contribution is -0.142. The summed E-state index contributed by atoms with van der Waals surface area (Å²) in [4.78, 5) is 21.4. The number of nitrogens with one attached hydrogen (secondary N) is 2. The molecule has 8 heteroatoms. The topological polar surface area (TPSA) is 82.0 Å². The van der Waals surface area contributed by atoms with Crippen molar-refractivity contribution < 1.29 is 22.8 Å². The molecule has 0 bridgehead atoms. The van der Waals surface area contributed by atoms with Gasteiger partial charge < -0.3 is 10.6 Å². The van der Waals surface area contributed by atoms with E-state index < -0.39 is 31.0 Å². The minimum Gasteiger partial charge on any atom is -0.347 e. The Labute approximate surface area is 83.2 Å². The summed E-state index contributed by atoms with van der Waals surface area (Å²) in [6.45, 7) is -1.03. The summed E-state index contributed by atoms with van der Waals surface area (Å²) in [6, 6.07) is 1.54. The molecule has 0 aliphatic heterocycles. The van der Waals surface area contributed by atoms with Crippen LogP contribution in [-0.2, 0) is 9.59 Å². The number of nitriles is 1. The van der Waals surface area contributed by atoms with Crippen LogP contribution in [0.3, 0.4) is 0 Å². The minimum absolute atomic E-state index is 0.370. The monoisotopic (exact) mass is 223 g/mol. The quantitative estimate of drug-likeness (QED) is 0.508. The van der Waals surface area contributed by atoms with Gasteiger partial charge in [0, 0.05) is 6.54 Å². The highest BCUT2D eigenvalue weighted by Gasteiger charge is 2.27. The fraction of sp³-hybridized carbons (Fsp3) is 0.571. The lowest BCUT2D eigenvalue weighted by atomic mass is 10.4. The van der Waals surface area contributed by atoms with Gasteiger partial charge in [0.25, 0.3) is 0 Å². The Kier molecular flexibility index (Phi) is 5.15. The molecule has 0 aliphatic rings. The van der Waals surface area contributed by atoms with E-state index in [1.165, 1.54) is 0 Å². The van der Waals surface area contributed by atoms with Crippen molar-refractivity contribution >= 4 is 11.8 Å². The van der Waals surface area contributed by atoms with Crippen molar-refractivity contribution in [1.29, 1.82) is 5.26 Å². The molecule has 0 rings (SSSR count). The van der Waals surface area contributed by atoms with Crippen molar-refractivity contribution in [3.63, 3.8) is 0 Å². The standard InChI is InChI=1S/C7H8F3N3O2/c8-7(9,10)1-3-12-5(14)6(15)13-4-2-11/h1,3-4H2,(H,12,14)(H,13,15). The first-order valence-corrected chi connectivity index (χ1v) is 3.86. The Morgan fingerprint density at radius 2 is 1.73 bits per heavy atom. The minimum atomic E-state index is -4.38. The van der Waals surface area contributed by atoms with Gasteiger partial charge in [-0.3, -0.25) is 9.59 Å². The van der Waals surface area contributed by atoms with Crippen molar-refractivity contribution in [2.24, 2.45) is 0 Å². The van der Waals surface area contributed by atoms with E-state index in [1.807, 2.05) is 5.32 Å². The van der Waals surface area contributed by atoms with Gasteiger partial charge in [-0.1, -0.05) is 0 Å². The van der Waals surface area contributed by atoms with Gasteiger partial charge in [-0.15, -0.1) is 0 Å². The second-order valence-corrected chi connectivity index (χ2v) is 2.46. The van der Waals surface area contributed by atoms with E-state index in [4.69, 9.17) is 5.26 Å². The molecule has 0 saturated carbocycles. The predicted molar refractivity (Wildman–Crippen MR) is 42.3 cm³/mol. The first kappa shape index (κ1) is 13.2. The van der Waals surface area contributed by atoms with Crippen molar-refractivity contribution in [1.82, 2.24) is 10.6 Å². The molecule has 0 atom stereocenters. The average Bonchev–Trinajstić information content (AvgIpc) is 2.11. The molecule has 0 unspecified atom stereocenters. The number of rotatable bonds is 3. The van der Waals surface area contributed by atoms with Crippen LogP contribution in [0.15, 0.2) is 0 Å². The van der Waals surface area contributed by atoms with Crippen molar-refractivity contribution in [3.8, 4) is 6.07 Å². The molecule has 2 amide bonds. The van der Waals surface area contributed by atoms with Gasteiger partial charge in [-0.05, 0) is 0 Å². The van der Waals surface area contributed by atoms with E-state index in [9.17, 15) is 22.8 Å². The zero-order valence-electron chi connectivity index (χ0n) is 7.52. The summed E-state index contributed by atoms with van der Waals surface area (Å²) in [5.74, 6) is -2.31. The van der Waals surface area contributed by atoms with Crippen LogP contribution in [0.4, 0.5) is 13.2 Å². The predicted octanol–water partition coefficient (Wildman–Crippen LogP) is -0.305. The lowest BCUT2D eigenvalue weighted by Crippen LogP contribution is -2.41. The second-order valence-electron chi connectivity index (χ2n) is 2.46. The van der Waals surface area contributed by atoms with Crippen molar-refractivity contribution in [2.75, 3.05) is 13.1 Å². The van der Waals surface area contributed by atoms with Gasteiger partial charge in [0.05, 0.1) is 12.5 Å². The number of hydrogen-bond donors (Lipinski definition) is 2. The number of nitrogens with zero attached hydrogens (tertiary/aromatic N) is 1. The lowest BCUT2D eigenvalue weighted by Gasteiger charge is -2.06. The second kappa shape index (κ2) is 5.85. The Bertz CT molecular complexity index is 282. The first-order chi connectivity index (χ1) is 6.87. The number of halogens is 3. The Morgan fingerprint density at radius 1 is 1.20 bits per heavy atom. The molecule has 0 fully saturated rings. The molecule has 15 heavy (non-hydrogen) atoms. The van der Waals surface area contributed by atoms with E-state index in [0.29, 0.717) is 0 Å². The molecule has 0 aromatic carbocycles. The molecule has 0 radical (unpaired) electrons. The molecule has 0 heterocycles. The number of alkyl halides is 3. The van der Waals surface area contributed by atoms with Crippen molar-refractivity contribution in [3.05, 3.63) is 0 Å². The van der Waals surface area contributed by atoms with Crippen LogP contribution < -0.4 is 10.6 Å². The summed E-state index contributed by atoms with van der Waals surface area (Å²) in [5.41, 5.74) is 0. The number of carbonyl (C=O) groups is 2. The highest BCUT2D eigenvalue weighted by Crippen LogP contribution is 2.17. The van der Waals surface area contributed by atoms with Crippen LogP contribution in [0, 0.1) is 11.3 Å². The highest BCUT2D eigenvalue weighted by atomic mass is 19.4. The molecule has 0 aromatic rings. The smallest absolute Gasteiger partial charge is 0.347 e. The first-order valence-electron chi connectivity index (χ1n) is 3.86. The van der Waals surface area contributed by atoms with Gasteiger partial charge in [0.1, 0.15) is 6.54 Å². The van der Waals surface area contributed by atoms with Crippen LogP contribution in [0.2, 0.25) is 0 Å². The van der Waals surface area contributed by atoms with E-state index >= 15 is 0 Å². The third-order valence-corrected chi connectivity index (χ3v) is 1.23. The fourth-order valence-corrected chi connectivity index (χ4v) is 0.598. The maximum atomic E-state index is 11.6. The van der Waals surface area contributed by atoms with Gasteiger partial charge in [-0.2, -0.15) is 18.4 Å². The van der Waals surface area contributed by atoms with Crippen LogP contribution in [0.5, 0.6) is 0 Å². The summed E-state index contributed by atoms with van der Waals surface area (Å²) in [5, 5.41) is 11.7. The van der Waals surface area contributed by atoms with E-state index in [1.54, 1.807) is 11.4 Å². The fourth-order valence-electron chi connectivity index (χ4n) is 0.598. The molecule has 0 aromatic heterocycles. The zero-order chi connectivity index (χ0) is 11.9. The number of hydrogen-bond acceptors (Lipinski definition) is 3. The normalized spacial score (nSPS) is 10.3. The van der Waals surface area contributed by atoms with Crippen LogP contribution in [-0.4, -0.2) is 31.1 Å². The zero-order valence-corrected chi connectivity index (χ0v) is 7.52. The van der Waals surface area contributed by atoms with E-state index in [-0.39, 0.29) is 6.54 Å². The van der Waals surface area contributed by atoms with Gasteiger partial charge in [0.2, 0.25) is 0 Å². The summed E-state index contributed by atoms with van der Waals surface area (Å²) < 4.78 is 34.8. The Hall–Kier alpha value is -1.78. The SMILES string of the molecule is N#CCNC(=O)C(=O)NCCC(F)(F)F. The molecule has 2 N–H and O–H groups in total. The average molecular weight is 223 g/mol. The van der Waals surface area contributed by atoms with E-state index in [0.717, 1.165) is 0 Å². The van der Waals surface area contributed by atoms with Gasteiger partial charge in [-0.25, -0.2) is 0 Å². The number of amides is 2. The molecule has 0 aliphatic carbocycles. The van der Waals surface area contributed by atoms with Gasteiger partial charge in [0.15, 0.2) is 0 Å². The Morgan fingerprint density at radius 3 is 2.20 bits per heavy atom. The van der Waals surface area contributed by atoms with Crippen molar-refractivity contribution in [2.45, 2.75) is 12.6 Å².